The lowest BCUT2D eigenvalue weighted by atomic mass is 10.1. The zero-order valence-corrected chi connectivity index (χ0v) is 11.5. The van der Waals surface area contributed by atoms with Gasteiger partial charge in [0.1, 0.15) is 12.4 Å². The van der Waals surface area contributed by atoms with Gasteiger partial charge < -0.3 is 9.47 Å². The van der Waals surface area contributed by atoms with Gasteiger partial charge >= 0.3 is 6.18 Å². The van der Waals surface area contributed by atoms with E-state index < -0.39 is 12.8 Å². The van der Waals surface area contributed by atoms with Gasteiger partial charge in [0.25, 0.3) is 0 Å². The maximum absolute atomic E-state index is 11.9. The van der Waals surface area contributed by atoms with Crippen LogP contribution < -0.4 is 4.74 Å². The van der Waals surface area contributed by atoms with Crippen LogP contribution in [0.3, 0.4) is 0 Å². The highest BCUT2D eigenvalue weighted by atomic mass is 35.5. The topological polar surface area (TPSA) is 18.5 Å². The maximum atomic E-state index is 11.9. The molecule has 0 bridgehead atoms. The molecule has 0 saturated carbocycles. The van der Waals surface area contributed by atoms with Crippen LogP contribution in [0.25, 0.3) is 0 Å². The van der Waals surface area contributed by atoms with E-state index in [0.29, 0.717) is 6.42 Å². The van der Waals surface area contributed by atoms with Crippen LogP contribution >= 0.6 is 11.6 Å². The normalized spacial score (nSPS) is 13.4. The molecule has 0 aromatic heterocycles. The zero-order chi connectivity index (χ0) is 14.5. The number of ether oxygens (including phenoxy) is 2. The van der Waals surface area contributed by atoms with Crippen LogP contribution in [0.4, 0.5) is 13.2 Å². The molecule has 0 aliphatic heterocycles. The molecule has 1 aromatic carbocycles. The number of rotatable bonds is 6. The Morgan fingerprint density at radius 2 is 2.00 bits per heavy atom. The molecule has 0 N–H and O–H groups in total. The molecule has 1 unspecified atom stereocenters. The van der Waals surface area contributed by atoms with Crippen molar-refractivity contribution < 1.29 is 22.6 Å². The SMILES string of the molecule is COc1ccc(C(Cl)CCOCC(F)(F)F)cc1C. The van der Waals surface area contributed by atoms with Crippen molar-refractivity contribution in [2.24, 2.45) is 0 Å². The number of methoxy groups -OCH3 is 1. The smallest absolute Gasteiger partial charge is 0.411 e. The van der Waals surface area contributed by atoms with Gasteiger partial charge in [0.15, 0.2) is 0 Å². The second-order valence-electron chi connectivity index (χ2n) is 4.15. The third-order valence-corrected chi connectivity index (χ3v) is 3.03. The van der Waals surface area contributed by atoms with Gasteiger partial charge in [-0.25, -0.2) is 0 Å². The highest BCUT2D eigenvalue weighted by molar-refractivity contribution is 6.20. The first kappa shape index (κ1) is 16.1. The predicted molar refractivity (Wildman–Crippen MR) is 67.8 cm³/mol. The van der Waals surface area contributed by atoms with Crippen molar-refractivity contribution in [1.82, 2.24) is 0 Å². The molecule has 19 heavy (non-hydrogen) atoms. The molecule has 1 atom stereocenters. The van der Waals surface area contributed by atoms with Gasteiger partial charge in [-0.3, -0.25) is 0 Å². The summed E-state index contributed by atoms with van der Waals surface area (Å²) in [6.45, 7) is 0.614. The summed E-state index contributed by atoms with van der Waals surface area (Å²) in [5.74, 6) is 0.751. The lowest BCUT2D eigenvalue weighted by Crippen LogP contribution is -2.17. The van der Waals surface area contributed by atoms with Gasteiger partial charge in [-0.2, -0.15) is 13.2 Å². The standard InChI is InChI=1S/C13H16ClF3O2/c1-9-7-10(3-4-12(9)18-2)11(14)5-6-19-8-13(15,16)17/h3-4,7,11H,5-6,8H2,1-2H3. The van der Waals surface area contributed by atoms with E-state index in [0.717, 1.165) is 16.9 Å². The Kier molecular flexibility index (Phi) is 5.94. The van der Waals surface area contributed by atoms with Crippen molar-refractivity contribution in [2.75, 3.05) is 20.3 Å². The predicted octanol–water partition coefficient (Wildman–Crippen LogP) is 4.25. The number of halogens is 4. The van der Waals surface area contributed by atoms with Crippen LogP contribution in [-0.2, 0) is 4.74 Å². The second-order valence-corrected chi connectivity index (χ2v) is 4.68. The highest BCUT2D eigenvalue weighted by Gasteiger charge is 2.27. The van der Waals surface area contributed by atoms with Crippen molar-refractivity contribution in [3.8, 4) is 5.75 Å². The average molecular weight is 297 g/mol. The van der Waals surface area contributed by atoms with E-state index in [9.17, 15) is 13.2 Å². The summed E-state index contributed by atoms with van der Waals surface area (Å²) in [4.78, 5) is 0. The Bertz CT molecular complexity index is 407. The van der Waals surface area contributed by atoms with Crippen LogP contribution in [-0.4, -0.2) is 26.5 Å². The molecule has 108 valence electrons. The van der Waals surface area contributed by atoms with Crippen LogP contribution in [0.5, 0.6) is 5.75 Å². The number of hydrogen-bond acceptors (Lipinski definition) is 2. The van der Waals surface area contributed by atoms with Gasteiger partial charge in [0, 0.05) is 6.61 Å². The summed E-state index contributed by atoms with van der Waals surface area (Å²) in [7, 11) is 1.57. The Labute approximate surface area is 115 Å². The summed E-state index contributed by atoms with van der Waals surface area (Å²) in [5, 5.41) is -0.377. The van der Waals surface area contributed by atoms with Crippen molar-refractivity contribution >= 4 is 11.6 Å². The largest absolute Gasteiger partial charge is 0.496 e. The van der Waals surface area contributed by atoms with Crippen molar-refractivity contribution in [3.63, 3.8) is 0 Å². The van der Waals surface area contributed by atoms with E-state index in [1.54, 1.807) is 19.2 Å². The van der Waals surface area contributed by atoms with Gasteiger partial charge in [-0.15, -0.1) is 11.6 Å². The molecular weight excluding hydrogens is 281 g/mol. The lowest BCUT2D eigenvalue weighted by Gasteiger charge is -2.13. The first-order valence-corrected chi connectivity index (χ1v) is 6.20. The number of aryl methyl sites for hydroxylation is 1. The third kappa shape index (κ3) is 5.70. The quantitative estimate of drug-likeness (QED) is 0.577. The summed E-state index contributed by atoms with van der Waals surface area (Å²) < 4.78 is 45.3. The summed E-state index contributed by atoms with van der Waals surface area (Å²) in [6, 6.07) is 5.45. The maximum Gasteiger partial charge on any atom is 0.411 e. The van der Waals surface area contributed by atoms with Crippen LogP contribution in [0.15, 0.2) is 18.2 Å². The molecule has 0 amide bonds. The fourth-order valence-corrected chi connectivity index (χ4v) is 1.86. The Hall–Kier alpha value is -0.940. The number of alkyl halides is 4. The van der Waals surface area contributed by atoms with Gasteiger partial charge in [0.2, 0.25) is 0 Å². The monoisotopic (exact) mass is 296 g/mol. The van der Waals surface area contributed by atoms with E-state index in [2.05, 4.69) is 4.74 Å². The van der Waals surface area contributed by atoms with Crippen LogP contribution in [0.2, 0.25) is 0 Å². The molecule has 0 spiro atoms. The fourth-order valence-electron chi connectivity index (χ4n) is 1.64. The highest BCUT2D eigenvalue weighted by Crippen LogP contribution is 2.28. The Balaban J connectivity index is 2.45. The summed E-state index contributed by atoms with van der Waals surface area (Å²) in [5.41, 5.74) is 1.78. The molecular formula is C13H16ClF3O2. The van der Waals surface area contributed by atoms with Crippen LogP contribution in [0.1, 0.15) is 22.9 Å². The molecule has 1 rings (SSSR count). The van der Waals surface area contributed by atoms with Gasteiger partial charge in [-0.1, -0.05) is 12.1 Å². The minimum Gasteiger partial charge on any atom is -0.496 e. The Morgan fingerprint density at radius 3 is 2.53 bits per heavy atom. The minimum absolute atomic E-state index is 0.0290. The molecule has 6 heteroatoms. The van der Waals surface area contributed by atoms with Gasteiger partial charge in [-0.05, 0) is 30.5 Å². The van der Waals surface area contributed by atoms with E-state index >= 15 is 0 Å². The average Bonchev–Trinajstić information content (AvgIpc) is 2.33. The number of hydrogen-bond donors (Lipinski definition) is 0. The second kappa shape index (κ2) is 7.01. The van der Waals surface area contributed by atoms with Crippen molar-refractivity contribution in [2.45, 2.75) is 24.9 Å². The minimum atomic E-state index is -4.29. The van der Waals surface area contributed by atoms with Crippen molar-refractivity contribution in [1.29, 1.82) is 0 Å². The van der Waals surface area contributed by atoms with Gasteiger partial charge in [0.05, 0.1) is 12.5 Å². The first-order chi connectivity index (χ1) is 8.83. The first-order valence-electron chi connectivity index (χ1n) is 5.76. The zero-order valence-electron chi connectivity index (χ0n) is 10.8. The Morgan fingerprint density at radius 1 is 1.32 bits per heavy atom. The van der Waals surface area contributed by atoms with E-state index in [4.69, 9.17) is 16.3 Å². The summed E-state index contributed by atoms with van der Waals surface area (Å²) in [6.07, 6.45) is -3.97. The molecule has 0 aliphatic carbocycles. The summed E-state index contributed by atoms with van der Waals surface area (Å²) >= 11 is 6.12. The fraction of sp³-hybridized carbons (Fsp3) is 0.538. The molecule has 2 nitrogen and oxygen atoms in total. The van der Waals surface area contributed by atoms with Crippen LogP contribution in [0, 0.1) is 6.92 Å². The lowest BCUT2D eigenvalue weighted by molar-refractivity contribution is -0.174. The van der Waals surface area contributed by atoms with Crippen molar-refractivity contribution in [3.05, 3.63) is 29.3 Å². The van der Waals surface area contributed by atoms with E-state index in [1.165, 1.54) is 0 Å². The van der Waals surface area contributed by atoms with E-state index in [1.807, 2.05) is 13.0 Å². The molecule has 1 aromatic rings. The number of benzene rings is 1. The molecule has 0 fully saturated rings. The third-order valence-electron chi connectivity index (χ3n) is 2.56. The molecule has 0 heterocycles. The van der Waals surface area contributed by atoms with E-state index in [-0.39, 0.29) is 12.0 Å². The molecule has 0 radical (unpaired) electrons. The molecule has 0 saturated heterocycles. The molecule has 0 aliphatic rings.